The topological polar surface area (TPSA) is 61.2 Å². The van der Waals surface area contributed by atoms with E-state index in [2.05, 4.69) is 4.98 Å². The van der Waals surface area contributed by atoms with Crippen LogP contribution in [0.4, 0.5) is 0 Å². The fourth-order valence-corrected chi connectivity index (χ4v) is 2.85. The number of fused-ring (bicyclic) bond motifs is 1. The quantitative estimate of drug-likeness (QED) is 0.804. The maximum Gasteiger partial charge on any atom is 0.307 e. The molecule has 0 atom stereocenters. The Morgan fingerprint density at radius 3 is 2.89 bits per heavy atom. The minimum Gasteiger partial charge on any atom is -0.466 e. The van der Waals surface area contributed by atoms with Gasteiger partial charge in [0, 0.05) is 11.4 Å². The summed E-state index contributed by atoms with van der Waals surface area (Å²) in [5, 5.41) is 0.622. The molecule has 19 heavy (non-hydrogen) atoms. The summed E-state index contributed by atoms with van der Waals surface area (Å²) in [6.07, 6.45) is 0.185. The molecule has 102 valence electrons. The van der Waals surface area contributed by atoms with Crippen molar-refractivity contribution < 1.29 is 9.53 Å². The van der Waals surface area contributed by atoms with Crippen molar-refractivity contribution in [1.29, 1.82) is 0 Å². The fraction of sp³-hybridized carbons (Fsp3) is 0.462. The average molecular weight is 280 g/mol. The van der Waals surface area contributed by atoms with E-state index >= 15 is 0 Å². The Balaban J connectivity index is 2.32. The van der Waals surface area contributed by atoms with Crippen LogP contribution in [0.15, 0.2) is 10.9 Å². The van der Waals surface area contributed by atoms with Crippen molar-refractivity contribution in [3.8, 4) is 0 Å². The second kappa shape index (κ2) is 5.52. The lowest BCUT2D eigenvalue weighted by molar-refractivity contribution is -0.143. The summed E-state index contributed by atoms with van der Waals surface area (Å²) < 4.78 is 6.40. The van der Waals surface area contributed by atoms with Gasteiger partial charge in [-0.05, 0) is 26.8 Å². The van der Waals surface area contributed by atoms with Gasteiger partial charge in [0.05, 0.1) is 18.4 Å². The van der Waals surface area contributed by atoms with Crippen molar-refractivity contribution >= 4 is 27.5 Å². The van der Waals surface area contributed by atoms with E-state index in [-0.39, 0.29) is 17.9 Å². The van der Waals surface area contributed by atoms with Crippen LogP contribution in [-0.4, -0.2) is 22.1 Å². The first kappa shape index (κ1) is 13.7. The first-order valence-electron chi connectivity index (χ1n) is 6.16. The lowest BCUT2D eigenvalue weighted by Gasteiger charge is -2.08. The predicted molar refractivity (Wildman–Crippen MR) is 74.6 cm³/mol. The molecule has 0 aromatic carbocycles. The van der Waals surface area contributed by atoms with Crippen LogP contribution in [-0.2, 0) is 16.1 Å². The van der Waals surface area contributed by atoms with Crippen molar-refractivity contribution in [3.63, 3.8) is 0 Å². The number of hydrogen-bond acceptors (Lipinski definition) is 5. The molecule has 2 heterocycles. The molecule has 0 N–H and O–H groups in total. The molecule has 0 amide bonds. The van der Waals surface area contributed by atoms with E-state index < -0.39 is 0 Å². The number of rotatable bonds is 4. The van der Waals surface area contributed by atoms with Gasteiger partial charge in [0.2, 0.25) is 0 Å². The van der Waals surface area contributed by atoms with Gasteiger partial charge in [-0.2, -0.15) is 0 Å². The Kier molecular flexibility index (Phi) is 3.99. The van der Waals surface area contributed by atoms with Crippen LogP contribution in [0.3, 0.4) is 0 Å². The predicted octanol–water partition coefficient (Wildman–Crippen LogP) is 2.03. The number of thiophene rings is 1. The lowest BCUT2D eigenvalue weighted by atomic mass is 10.3. The molecule has 0 aliphatic rings. The molecule has 0 fully saturated rings. The molecular formula is C13H16N2O3S. The molecule has 0 aliphatic heterocycles. The van der Waals surface area contributed by atoms with Crippen LogP contribution in [0, 0.1) is 13.8 Å². The molecule has 5 nitrogen and oxygen atoms in total. The van der Waals surface area contributed by atoms with Gasteiger partial charge in [0.1, 0.15) is 10.7 Å². The minimum absolute atomic E-state index is 0.0869. The van der Waals surface area contributed by atoms with Crippen molar-refractivity contribution in [1.82, 2.24) is 9.55 Å². The van der Waals surface area contributed by atoms with Gasteiger partial charge < -0.3 is 4.74 Å². The fourth-order valence-electron chi connectivity index (χ4n) is 1.94. The smallest absolute Gasteiger partial charge is 0.307 e. The van der Waals surface area contributed by atoms with Crippen LogP contribution in [0.25, 0.3) is 10.2 Å². The number of nitrogens with zero attached hydrogens (tertiary/aromatic N) is 2. The summed E-state index contributed by atoms with van der Waals surface area (Å²) in [6, 6.07) is 1.84. The number of carbonyl (C=O) groups is 1. The Morgan fingerprint density at radius 1 is 1.47 bits per heavy atom. The van der Waals surface area contributed by atoms with E-state index in [0.29, 0.717) is 24.4 Å². The first-order valence-corrected chi connectivity index (χ1v) is 6.97. The summed E-state index contributed by atoms with van der Waals surface area (Å²) in [6.45, 7) is 6.15. The van der Waals surface area contributed by atoms with Gasteiger partial charge in [-0.25, -0.2) is 4.98 Å². The molecule has 0 radical (unpaired) electrons. The van der Waals surface area contributed by atoms with Crippen molar-refractivity contribution in [2.75, 3.05) is 6.61 Å². The van der Waals surface area contributed by atoms with Crippen molar-refractivity contribution in [2.45, 2.75) is 33.7 Å². The molecule has 2 aromatic rings. The maximum atomic E-state index is 12.3. The molecular weight excluding hydrogens is 264 g/mol. The molecule has 6 heteroatoms. The third kappa shape index (κ3) is 2.84. The van der Waals surface area contributed by atoms with Crippen LogP contribution in [0.1, 0.15) is 24.0 Å². The van der Waals surface area contributed by atoms with Gasteiger partial charge >= 0.3 is 5.97 Å². The molecule has 0 unspecified atom stereocenters. The van der Waals surface area contributed by atoms with E-state index in [9.17, 15) is 9.59 Å². The van der Waals surface area contributed by atoms with Crippen molar-refractivity contribution in [3.05, 3.63) is 27.1 Å². The van der Waals surface area contributed by atoms with E-state index in [0.717, 1.165) is 9.71 Å². The average Bonchev–Trinajstić information content (AvgIpc) is 2.70. The number of aromatic nitrogens is 2. The van der Waals surface area contributed by atoms with E-state index in [1.165, 1.54) is 15.9 Å². The van der Waals surface area contributed by atoms with Gasteiger partial charge in [0.25, 0.3) is 5.56 Å². The van der Waals surface area contributed by atoms with Gasteiger partial charge in [0.15, 0.2) is 0 Å². The second-order valence-electron chi connectivity index (χ2n) is 4.25. The van der Waals surface area contributed by atoms with E-state index in [1.54, 1.807) is 13.8 Å². The Morgan fingerprint density at radius 2 is 2.21 bits per heavy atom. The largest absolute Gasteiger partial charge is 0.466 e. The normalized spacial score (nSPS) is 10.9. The van der Waals surface area contributed by atoms with Crippen LogP contribution < -0.4 is 5.56 Å². The van der Waals surface area contributed by atoms with Gasteiger partial charge in [-0.3, -0.25) is 14.2 Å². The molecule has 0 bridgehead atoms. The minimum atomic E-state index is -0.296. The lowest BCUT2D eigenvalue weighted by Crippen LogP contribution is -2.25. The summed E-state index contributed by atoms with van der Waals surface area (Å²) >= 11 is 1.51. The Hall–Kier alpha value is -1.69. The standard InChI is InChI=1S/C13H16N2O3S/c1-4-18-11(16)5-6-15-9(3)14-12-10(13(15)17)7-8(2)19-12/h7H,4-6H2,1-3H3. The SMILES string of the molecule is CCOC(=O)CCn1c(C)nc2sc(C)cc2c1=O. The summed E-state index contributed by atoms with van der Waals surface area (Å²) in [4.78, 5) is 29.9. The van der Waals surface area contributed by atoms with E-state index in [1.807, 2.05) is 13.0 Å². The Bertz CT molecular complexity index is 672. The number of aryl methyl sites for hydroxylation is 2. The third-order valence-electron chi connectivity index (χ3n) is 2.81. The highest BCUT2D eigenvalue weighted by Gasteiger charge is 2.12. The molecule has 0 aliphatic carbocycles. The summed E-state index contributed by atoms with van der Waals surface area (Å²) in [5.41, 5.74) is -0.0869. The van der Waals surface area contributed by atoms with Gasteiger partial charge in [-0.1, -0.05) is 0 Å². The number of ether oxygens (including phenoxy) is 1. The summed E-state index contributed by atoms with van der Waals surface area (Å²) in [5.74, 6) is 0.332. The maximum absolute atomic E-state index is 12.3. The molecule has 0 spiro atoms. The molecule has 0 saturated carbocycles. The monoisotopic (exact) mass is 280 g/mol. The highest BCUT2D eigenvalue weighted by atomic mass is 32.1. The zero-order chi connectivity index (χ0) is 14.0. The summed E-state index contributed by atoms with van der Waals surface area (Å²) in [7, 11) is 0. The molecule has 2 rings (SSSR count). The highest BCUT2D eigenvalue weighted by molar-refractivity contribution is 7.18. The zero-order valence-corrected chi connectivity index (χ0v) is 12.0. The van der Waals surface area contributed by atoms with Crippen LogP contribution in [0.5, 0.6) is 0 Å². The first-order chi connectivity index (χ1) is 9.02. The number of carbonyl (C=O) groups excluding carboxylic acids is 1. The van der Waals surface area contributed by atoms with Crippen molar-refractivity contribution in [2.24, 2.45) is 0 Å². The molecule has 0 saturated heterocycles. The van der Waals surface area contributed by atoms with Gasteiger partial charge in [-0.15, -0.1) is 11.3 Å². The number of hydrogen-bond donors (Lipinski definition) is 0. The molecule has 2 aromatic heterocycles. The highest BCUT2D eigenvalue weighted by Crippen LogP contribution is 2.20. The van der Waals surface area contributed by atoms with E-state index in [4.69, 9.17) is 4.74 Å². The Labute approximate surface area is 114 Å². The third-order valence-corrected chi connectivity index (χ3v) is 3.75. The zero-order valence-electron chi connectivity index (χ0n) is 11.2. The van der Waals surface area contributed by atoms with Crippen LogP contribution >= 0.6 is 11.3 Å². The second-order valence-corrected chi connectivity index (χ2v) is 5.48. The van der Waals surface area contributed by atoms with Crippen LogP contribution in [0.2, 0.25) is 0 Å². The number of esters is 1.